The number of aromatic nitrogens is 1. The second kappa shape index (κ2) is 5.80. The molecule has 116 valence electrons. The van der Waals surface area contributed by atoms with Crippen molar-refractivity contribution < 1.29 is 13.2 Å². The first-order chi connectivity index (χ1) is 10.9. The molecule has 0 bridgehead atoms. The number of thiazole rings is 1. The predicted octanol–water partition coefficient (Wildman–Crippen LogP) is 5.75. The first-order valence-electron chi connectivity index (χ1n) is 6.52. The van der Waals surface area contributed by atoms with Crippen molar-refractivity contribution in [2.45, 2.75) is 13.1 Å². The van der Waals surface area contributed by atoms with Crippen LogP contribution in [-0.2, 0) is 6.18 Å². The molecule has 7 heteroatoms. The smallest absolute Gasteiger partial charge is 0.235 e. The van der Waals surface area contributed by atoms with Crippen LogP contribution < -0.4 is 0 Å². The molecule has 2 heterocycles. The van der Waals surface area contributed by atoms with Gasteiger partial charge in [-0.2, -0.15) is 18.4 Å². The molecule has 1 aromatic carbocycles. The minimum Gasteiger partial charge on any atom is -0.235 e. The number of nitrogens with zero attached hydrogens (tertiary/aromatic N) is 2. The van der Waals surface area contributed by atoms with E-state index in [4.69, 9.17) is 0 Å². The van der Waals surface area contributed by atoms with E-state index in [0.29, 0.717) is 15.3 Å². The summed E-state index contributed by atoms with van der Waals surface area (Å²) in [5, 5.41) is 11.7. The van der Waals surface area contributed by atoms with Crippen molar-refractivity contribution in [3.8, 4) is 6.07 Å². The summed E-state index contributed by atoms with van der Waals surface area (Å²) in [7, 11) is 0. The van der Waals surface area contributed by atoms with Gasteiger partial charge in [0, 0.05) is 4.88 Å². The largest absolute Gasteiger partial charge is 0.416 e. The van der Waals surface area contributed by atoms with Crippen LogP contribution in [0, 0.1) is 18.3 Å². The quantitative estimate of drug-likeness (QED) is 0.552. The van der Waals surface area contributed by atoms with Gasteiger partial charge in [-0.1, -0.05) is 0 Å². The van der Waals surface area contributed by atoms with Gasteiger partial charge in [0.25, 0.3) is 0 Å². The fourth-order valence-electron chi connectivity index (χ4n) is 2.02. The maximum Gasteiger partial charge on any atom is 0.416 e. The molecule has 0 N–H and O–H groups in total. The van der Waals surface area contributed by atoms with Crippen LogP contribution in [0.25, 0.3) is 21.9 Å². The Hall–Kier alpha value is -2.17. The third-order valence-corrected chi connectivity index (χ3v) is 5.28. The standard InChI is InChI=1S/C16H9F3N2S2/c1-9-4-5-22-14(9)6-10(8-20)15-21-12-7-11(16(17,18)19)2-3-13(12)23-15/h2-7H,1H3/b10-6+. The summed E-state index contributed by atoms with van der Waals surface area (Å²) in [5.41, 5.74) is 0.913. The molecule has 2 nitrogen and oxygen atoms in total. The Bertz CT molecular complexity index is 942. The highest BCUT2D eigenvalue weighted by Crippen LogP contribution is 2.34. The number of allylic oxidation sites excluding steroid dienone is 1. The summed E-state index contributed by atoms with van der Waals surface area (Å²) in [5.74, 6) is 0. The molecule has 0 aliphatic rings. The average Bonchev–Trinajstić information content (AvgIpc) is 3.08. The molecule has 0 amide bonds. The summed E-state index contributed by atoms with van der Waals surface area (Å²) in [4.78, 5) is 5.14. The summed E-state index contributed by atoms with van der Waals surface area (Å²) >= 11 is 2.71. The molecule has 0 saturated heterocycles. The fraction of sp³-hybridized carbons (Fsp3) is 0.125. The second-order valence-corrected chi connectivity index (χ2v) is 6.82. The Morgan fingerprint density at radius 1 is 1.30 bits per heavy atom. The maximum atomic E-state index is 12.8. The van der Waals surface area contributed by atoms with E-state index in [0.717, 1.165) is 22.6 Å². The Labute approximate surface area is 138 Å². The second-order valence-electron chi connectivity index (χ2n) is 4.84. The monoisotopic (exact) mass is 350 g/mol. The Morgan fingerprint density at radius 2 is 2.09 bits per heavy atom. The van der Waals surface area contributed by atoms with Crippen LogP contribution in [0.1, 0.15) is 21.0 Å². The molecule has 0 radical (unpaired) electrons. The maximum absolute atomic E-state index is 12.8. The van der Waals surface area contributed by atoms with Gasteiger partial charge in [-0.05, 0) is 48.2 Å². The summed E-state index contributed by atoms with van der Waals surface area (Å²) in [6.45, 7) is 1.94. The molecule has 0 atom stereocenters. The highest BCUT2D eigenvalue weighted by molar-refractivity contribution is 7.19. The minimum atomic E-state index is -4.40. The number of fused-ring (bicyclic) bond motifs is 1. The van der Waals surface area contributed by atoms with Crippen LogP contribution >= 0.6 is 22.7 Å². The van der Waals surface area contributed by atoms with E-state index >= 15 is 0 Å². The van der Waals surface area contributed by atoms with Crippen LogP contribution in [-0.4, -0.2) is 4.98 Å². The van der Waals surface area contributed by atoms with E-state index < -0.39 is 11.7 Å². The normalized spacial score (nSPS) is 12.6. The van der Waals surface area contributed by atoms with Crippen molar-refractivity contribution in [2.24, 2.45) is 0 Å². The van der Waals surface area contributed by atoms with Crippen molar-refractivity contribution in [3.63, 3.8) is 0 Å². The van der Waals surface area contributed by atoms with Gasteiger partial charge in [0.15, 0.2) is 0 Å². The van der Waals surface area contributed by atoms with E-state index in [1.165, 1.54) is 28.7 Å². The van der Waals surface area contributed by atoms with Crippen molar-refractivity contribution in [2.75, 3.05) is 0 Å². The van der Waals surface area contributed by atoms with Crippen molar-refractivity contribution in [3.05, 3.63) is 50.7 Å². The van der Waals surface area contributed by atoms with Crippen LogP contribution in [0.15, 0.2) is 29.6 Å². The van der Waals surface area contributed by atoms with Crippen molar-refractivity contribution in [1.29, 1.82) is 5.26 Å². The Morgan fingerprint density at radius 3 is 2.70 bits per heavy atom. The lowest BCUT2D eigenvalue weighted by Crippen LogP contribution is -2.03. The highest BCUT2D eigenvalue weighted by Gasteiger charge is 2.30. The van der Waals surface area contributed by atoms with E-state index in [-0.39, 0.29) is 5.52 Å². The molecule has 0 aliphatic carbocycles. The molecule has 0 fully saturated rings. The topological polar surface area (TPSA) is 36.7 Å². The number of alkyl halides is 3. The number of aryl methyl sites for hydroxylation is 1. The van der Waals surface area contributed by atoms with Crippen LogP contribution in [0.5, 0.6) is 0 Å². The van der Waals surface area contributed by atoms with E-state index in [1.807, 2.05) is 18.4 Å². The van der Waals surface area contributed by atoms with Gasteiger partial charge < -0.3 is 0 Å². The number of hydrogen-bond acceptors (Lipinski definition) is 4. The summed E-state index contributed by atoms with van der Waals surface area (Å²) < 4.78 is 38.9. The predicted molar refractivity (Wildman–Crippen MR) is 87.2 cm³/mol. The van der Waals surface area contributed by atoms with Crippen molar-refractivity contribution in [1.82, 2.24) is 4.98 Å². The molecule has 0 saturated carbocycles. The lowest BCUT2D eigenvalue weighted by molar-refractivity contribution is -0.137. The minimum absolute atomic E-state index is 0.254. The van der Waals surface area contributed by atoms with Crippen LogP contribution in [0.2, 0.25) is 0 Å². The SMILES string of the molecule is Cc1ccsc1/C=C(\C#N)c1nc2cc(C(F)(F)F)ccc2s1. The molecule has 0 spiro atoms. The molecular weight excluding hydrogens is 341 g/mol. The number of nitriles is 1. The molecule has 0 unspecified atom stereocenters. The number of hydrogen-bond donors (Lipinski definition) is 0. The Kier molecular flexibility index (Phi) is 3.96. The zero-order valence-electron chi connectivity index (χ0n) is 11.8. The zero-order valence-corrected chi connectivity index (χ0v) is 13.4. The lowest BCUT2D eigenvalue weighted by Gasteiger charge is -2.04. The number of rotatable bonds is 2. The van der Waals surface area contributed by atoms with Gasteiger partial charge in [-0.15, -0.1) is 22.7 Å². The van der Waals surface area contributed by atoms with E-state index in [2.05, 4.69) is 11.1 Å². The molecule has 3 aromatic rings. The molecule has 2 aromatic heterocycles. The average molecular weight is 350 g/mol. The van der Waals surface area contributed by atoms with Crippen molar-refractivity contribution >= 4 is 44.5 Å². The van der Waals surface area contributed by atoms with Gasteiger partial charge >= 0.3 is 6.18 Å². The first kappa shape index (κ1) is 15.7. The fourth-order valence-corrected chi connectivity index (χ4v) is 3.79. The number of benzene rings is 1. The van der Waals surface area contributed by atoms with E-state index in [1.54, 1.807) is 6.08 Å². The van der Waals surface area contributed by atoms with Gasteiger partial charge in [-0.3, -0.25) is 0 Å². The van der Waals surface area contributed by atoms with Crippen LogP contribution in [0.4, 0.5) is 13.2 Å². The van der Waals surface area contributed by atoms with Gasteiger partial charge in [-0.25, -0.2) is 4.98 Å². The van der Waals surface area contributed by atoms with Gasteiger partial charge in [0.05, 0.1) is 21.4 Å². The summed E-state index contributed by atoms with van der Waals surface area (Å²) in [6.07, 6.45) is -2.68. The van der Waals surface area contributed by atoms with Gasteiger partial charge in [0.1, 0.15) is 11.1 Å². The number of thiophene rings is 1. The Balaban J connectivity index is 2.07. The third-order valence-electron chi connectivity index (χ3n) is 3.24. The first-order valence-corrected chi connectivity index (χ1v) is 8.22. The lowest BCUT2D eigenvalue weighted by atomic mass is 10.2. The summed E-state index contributed by atoms with van der Waals surface area (Å²) in [6, 6.07) is 7.47. The molecular formula is C16H9F3N2S2. The highest BCUT2D eigenvalue weighted by atomic mass is 32.1. The third kappa shape index (κ3) is 3.14. The molecule has 0 aliphatic heterocycles. The zero-order chi connectivity index (χ0) is 16.6. The van der Waals surface area contributed by atoms with E-state index in [9.17, 15) is 18.4 Å². The number of halogens is 3. The van der Waals surface area contributed by atoms with Gasteiger partial charge in [0.2, 0.25) is 0 Å². The molecule has 3 rings (SSSR count). The van der Waals surface area contributed by atoms with Crippen LogP contribution in [0.3, 0.4) is 0 Å². The molecule has 23 heavy (non-hydrogen) atoms.